The van der Waals surface area contributed by atoms with Crippen molar-refractivity contribution in [1.29, 1.82) is 0 Å². The predicted molar refractivity (Wildman–Crippen MR) is 97.6 cm³/mol. The van der Waals surface area contributed by atoms with Crippen LogP contribution in [0.2, 0.25) is 0 Å². The number of carbonyl (C=O) groups is 1. The summed E-state index contributed by atoms with van der Waals surface area (Å²) in [4.78, 5) is 12.2. The normalized spacial score (nSPS) is 10.8. The summed E-state index contributed by atoms with van der Waals surface area (Å²) in [5.41, 5.74) is 3.12. The van der Waals surface area contributed by atoms with Crippen molar-refractivity contribution in [3.8, 4) is 5.75 Å². The first-order valence-electron chi connectivity index (χ1n) is 8.21. The highest BCUT2D eigenvalue weighted by molar-refractivity contribution is 5.94. The Morgan fingerprint density at radius 1 is 1.17 bits per heavy atom. The van der Waals surface area contributed by atoms with Crippen molar-refractivity contribution in [1.82, 2.24) is 4.57 Å². The maximum atomic E-state index is 12.2. The molecule has 0 fully saturated rings. The molecule has 0 unspecified atom stereocenters. The van der Waals surface area contributed by atoms with E-state index in [0.717, 1.165) is 28.9 Å². The van der Waals surface area contributed by atoms with E-state index < -0.39 is 0 Å². The fourth-order valence-electron chi connectivity index (χ4n) is 2.86. The highest BCUT2D eigenvalue weighted by atomic mass is 16.5. The van der Waals surface area contributed by atoms with Crippen LogP contribution in [-0.2, 0) is 17.8 Å². The monoisotopic (exact) mass is 322 g/mol. The zero-order valence-corrected chi connectivity index (χ0v) is 14.1. The molecule has 1 aromatic heterocycles. The summed E-state index contributed by atoms with van der Waals surface area (Å²) >= 11 is 0. The molecule has 1 heterocycles. The molecule has 24 heavy (non-hydrogen) atoms. The number of fused-ring (bicyclic) bond motifs is 1. The molecule has 4 heteroatoms. The second-order valence-corrected chi connectivity index (χ2v) is 5.78. The molecule has 4 nitrogen and oxygen atoms in total. The highest BCUT2D eigenvalue weighted by Gasteiger charge is 2.06. The first-order valence-corrected chi connectivity index (χ1v) is 8.21. The molecule has 2 aromatic carbocycles. The Balaban J connectivity index is 1.62. The van der Waals surface area contributed by atoms with E-state index in [-0.39, 0.29) is 5.91 Å². The Bertz CT molecular complexity index is 852. The lowest BCUT2D eigenvalue weighted by molar-refractivity contribution is -0.116. The third kappa shape index (κ3) is 3.59. The molecule has 124 valence electrons. The van der Waals surface area contributed by atoms with Crippen LogP contribution in [0, 0.1) is 0 Å². The standard InChI is InChI=1S/C20H22N2O2/c1-3-22-12-11-16-14-17(8-9-19(16)22)21-20(23)10-7-15-5-4-6-18(13-15)24-2/h4-6,8-9,11-14H,3,7,10H2,1-2H3,(H,21,23). The molecule has 1 N–H and O–H groups in total. The van der Waals surface area contributed by atoms with Gasteiger partial charge in [-0.25, -0.2) is 0 Å². The van der Waals surface area contributed by atoms with Gasteiger partial charge in [-0.3, -0.25) is 4.79 Å². The van der Waals surface area contributed by atoms with Crippen molar-refractivity contribution in [2.75, 3.05) is 12.4 Å². The van der Waals surface area contributed by atoms with Crippen molar-refractivity contribution in [2.45, 2.75) is 26.3 Å². The van der Waals surface area contributed by atoms with Crippen LogP contribution in [0.3, 0.4) is 0 Å². The number of nitrogens with zero attached hydrogens (tertiary/aromatic N) is 1. The van der Waals surface area contributed by atoms with Gasteiger partial charge < -0.3 is 14.6 Å². The van der Waals surface area contributed by atoms with Crippen molar-refractivity contribution in [3.05, 3.63) is 60.3 Å². The molecule has 0 aliphatic carbocycles. The molecular weight excluding hydrogens is 300 g/mol. The number of hydrogen-bond donors (Lipinski definition) is 1. The summed E-state index contributed by atoms with van der Waals surface area (Å²) < 4.78 is 7.39. The largest absolute Gasteiger partial charge is 0.497 e. The van der Waals surface area contributed by atoms with Crippen molar-refractivity contribution < 1.29 is 9.53 Å². The number of carbonyl (C=O) groups excluding carboxylic acids is 1. The second-order valence-electron chi connectivity index (χ2n) is 5.78. The zero-order valence-electron chi connectivity index (χ0n) is 14.1. The fraction of sp³-hybridized carbons (Fsp3) is 0.250. The van der Waals surface area contributed by atoms with E-state index in [1.54, 1.807) is 7.11 Å². The SMILES string of the molecule is CCn1ccc2cc(NC(=O)CCc3cccc(OC)c3)ccc21. The van der Waals surface area contributed by atoms with E-state index in [1.165, 1.54) is 5.52 Å². The third-order valence-electron chi connectivity index (χ3n) is 4.17. The van der Waals surface area contributed by atoms with E-state index in [2.05, 4.69) is 35.1 Å². The van der Waals surface area contributed by atoms with Gasteiger partial charge >= 0.3 is 0 Å². The van der Waals surface area contributed by atoms with E-state index in [4.69, 9.17) is 4.74 Å². The molecule has 0 saturated heterocycles. The summed E-state index contributed by atoms with van der Waals surface area (Å²) in [6.07, 6.45) is 3.21. The maximum Gasteiger partial charge on any atom is 0.224 e. The lowest BCUT2D eigenvalue weighted by Crippen LogP contribution is -2.12. The van der Waals surface area contributed by atoms with Gasteiger partial charge in [-0.05, 0) is 55.3 Å². The molecule has 3 rings (SSSR count). The lowest BCUT2D eigenvalue weighted by Gasteiger charge is -2.07. The maximum absolute atomic E-state index is 12.2. The highest BCUT2D eigenvalue weighted by Crippen LogP contribution is 2.21. The van der Waals surface area contributed by atoms with Gasteiger partial charge in [0.05, 0.1) is 7.11 Å². The van der Waals surface area contributed by atoms with Crippen LogP contribution in [0.15, 0.2) is 54.7 Å². The molecule has 0 atom stereocenters. The summed E-state index contributed by atoms with van der Waals surface area (Å²) in [5.74, 6) is 0.839. The van der Waals surface area contributed by atoms with Gasteiger partial charge in [0.15, 0.2) is 0 Å². The molecular formula is C20H22N2O2. The predicted octanol–water partition coefficient (Wildman–Crippen LogP) is 4.24. The van der Waals surface area contributed by atoms with E-state index >= 15 is 0 Å². The Hall–Kier alpha value is -2.75. The van der Waals surface area contributed by atoms with Gasteiger partial charge in [-0.1, -0.05) is 12.1 Å². The fourth-order valence-corrected chi connectivity index (χ4v) is 2.86. The molecule has 1 amide bonds. The van der Waals surface area contributed by atoms with Gasteiger partial charge in [-0.2, -0.15) is 0 Å². The number of ether oxygens (including phenoxy) is 1. The Morgan fingerprint density at radius 2 is 2.04 bits per heavy atom. The number of methoxy groups -OCH3 is 1. The van der Waals surface area contributed by atoms with Crippen LogP contribution < -0.4 is 10.1 Å². The Kier molecular flexibility index (Phi) is 4.85. The summed E-state index contributed by atoms with van der Waals surface area (Å²) in [6, 6.07) is 15.9. The quantitative estimate of drug-likeness (QED) is 0.737. The minimum Gasteiger partial charge on any atom is -0.497 e. The van der Waals surface area contributed by atoms with Crippen LogP contribution in [0.4, 0.5) is 5.69 Å². The zero-order chi connectivity index (χ0) is 16.9. The molecule has 0 saturated carbocycles. The van der Waals surface area contributed by atoms with Crippen LogP contribution in [0.5, 0.6) is 5.75 Å². The topological polar surface area (TPSA) is 43.3 Å². The second kappa shape index (κ2) is 7.21. The van der Waals surface area contributed by atoms with Gasteiger partial charge in [0, 0.05) is 35.8 Å². The lowest BCUT2D eigenvalue weighted by atomic mass is 10.1. The first kappa shape index (κ1) is 16.1. The van der Waals surface area contributed by atoms with Crippen molar-refractivity contribution >= 4 is 22.5 Å². The Morgan fingerprint density at radius 3 is 2.83 bits per heavy atom. The number of aryl methyl sites for hydroxylation is 2. The van der Waals surface area contributed by atoms with Crippen LogP contribution in [0.1, 0.15) is 18.9 Å². The number of aromatic nitrogens is 1. The number of rotatable bonds is 6. The molecule has 0 radical (unpaired) electrons. The van der Waals surface area contributed by atoms with Gasteiger partial charge in [0.2, 0.25) is 5.91 Å². The smallest absolute Gasteiger partial charge is 0.224 e. The first-order chi connectivity index (χ1) is 11.7. The molecule has 0 spiro atoms. The number of hydrogen-bond acceptors (Lipinski definition) is 2. The number of nitrogens with one attached hydrogen (secondary N) is 1. The van der Waals surface area contributed by atoms with Gasteiger partial charge in [0.25, 0.3) is 0 Å². The molecule has 0 bridgehead atoms. The average molecular weight is 322 g/mol. The minimum absolute atomic E-state index is 0.0205. The van der Waals surface area contributed by atoms with E-state index in [9.17, 15) is 4.79 Å². The van der Waals surface area contributed by atoms with Crippen LogP contribution in [0.25, 0.3) is 10.9 Å². The molecule has 0 aliphatic rings. The molecule has 0 aliphatic heterocycles. The van der Waals surface area contributed by atoms with E-state index in [0.29, 0.717) is 12.8 Å². The van der Waals surface area contributed by atoms with Crippen LogP contribution >= 0.6 is 0 Å². The molecule has 3 aromatic rings. The van der Waals surface area contributed by atoms with Gasteiger partial charge in [0.1, 0.15) is 5.75 Å². The van der Waals surface area contributed by atoms with E-state index in [1.807, 2.05) is 36.4 Å². The minimum atomic E-state index is 0.0205. The summed E-state index contributed by atoms with van der Waals surface area (Å²) in [6.45, 7) is 3.06. The number of amides is 1. The third-order valence-corrected chi connectivity index (χ3v) is 4.17. The van der Waals surface area contributed by atoms with Crippen LogP contribution in [-0.4, -0.2) is 17.6 Å². The summed E-state index contributed by atoms with van der Waals surface area (Å²) in [5, 5.41) is 4.12. The Labute approximate surface area is 142 Å². The van der Waals surface area contributed by atoms with Gasteiger partial charge in [-0.15, -0.1) is 0 Å². The number of anilines is 1. The number of benzene rings is 2. The van der Waals surface area contributed by atoms with Crippen molar-refractivity contribution in [3.63, 3.8) is 0 Å². The van der Waals surface area contributed by atoms with Crippen molar-refractivity contribution in [2.24, 2.45) is 0 Å². The average Bonchev–Trinajstić information content (AvgIpc) is 3.02. The summed E-state index contributed by atoms with van der Waals surface area (Å²) in [7, 11) is 1.65.